The van der Waals surface area contributed by atoms with Gasteiger partial charge in [-0.2, -0.15) is 0 Å². The zero-order valence-corrected chi connectivity index (χ0v) is 12.4. The van der Waals surface area contributed by atoms with Crippen LogP contribution in [0, 0.1) is 13.8 Å². The first-order valence-corrected chi connectivity index (χ1v) is 7.36. The maximum absolute atomic E-state index is 12.0. The van der Waals surface area contributed by atoms with Crippen molar-refractivity contribution >= 4 is 5.91 Å². The molecule has 1 heterocycles. The van der Waals surface area contributed by atoms with Crippen LogP contribution < -0.4 is 10.1 Å². The summed E-state index contributed by atoms with van der Waals surface area (Å²) in [7, 11) is 0. The summed E-state index contributed by atoms with van der Waals surface area (Å²) in [6.45, 7) is 8.18. The van der Waals surface area contributed by atoms with Crippen molar-refractivity contribution < 1.29 is 9.53 Å². The summed E-state index contributed by atoms with van der Waals surface area (Å²) >= 11 is 0. The minimum atomic E-state index is 0.247. The van der Waals surface area contributed by atoms with Crippen LogP contribution in [0.25, 0.3) is 0 Å². The van der Waals surface area contributed by atoms with Gasteiger partial charge in [0.1, 0.15) is 5.75 Å². The van der Waals surface area contributed by atoms with Crippen molar-refractivity contribution in [3.05, 3.63) is 29.3 Å². The smallest absolute Gasteiger partial charge is 0.222 e. The Labute approximate surface area is 121 Å². The number of nitrogens with one attached hydrogen (secondary N) is 1. The van der Waals surface area contributed by atoms with Gasteiger partial charge in [-0.25, -0.2) is 0 Å². The van der Waals surface area contributed by atoms with Gasteiger partial charge in [0.2, 0.25) is 5.91 Å². The van der Waals surface area contributed by atoms with Crippen LogP contribution >= 0.6 is 0 Å². The Morgan fingerprint density at radius 1 is 1.25 bits per heavy atom. The number of carbonyl (C=O) groups is 1. The van der Waals surface area contributed by atoms with E-state index in [0.29, 0.717) is 13.0 Å². The van der Waals surface area contributed by atoms with Gasteiger partial charge < -0.3 is 15.0 Å². The number of ether oxygens (including phenoxy) is 1. The molecule has 1 aliphatic rings. The zero-order chi connectivity index (χ0) is 14.4. The van der Waals surface area contributed by atoms with E-state index in [0.717, 1.165) is 49.5 Å². The highest BCUT2D eigenvalue weighted by molar-refractivity contribution is 5.76. The van der Waals surface area contributed by atoms with Gasteiger partial charge in [0.15, 0.2) is 0 Å². The fraction of sp³-hybridized carbons (Fsp3) is 0.562. The van der Waals surface area contributed by atoms with Crippen molar-refractivity contribution in [2.45, 2.75) is 26.7 Å². The lowest BCUT2D eigenvalue weighted by Crippen LogP contribution is -2.46. The molecule has 0 radical (unpaired) electrons. The highest BCUT2D eigenvalue weighted by Crippen LogP contribution is 2.22. The maximum atomic E-state index is 12.0. The van der Waals surface area contributed by atoms with E-state index in [1.807, 2.05) is 36.9 Å². The van der Waals surface area contributed by atoms with E-state index in [4.69, 9.17) is 4.74 Å². The molecule has 1 aliphatic heterocycles. The Hall–Kier alpha value is -1.55. The predicted octanol–water partition coefficient (Wildman–Crippen LogP) is 1.89. The number of amides is 1. The van der Waals surface area contributed by atoms with Gasteiger partial charge in [-0.05, 0) is 31.4 Å². The van der Waals surface area contributed by atoms with E-state index < -0.39 is 0 Å². The summed E-state index contributed by atoms with van der Waals surface area (Å²) in [4.78, 5) is 13.9. The molecular formula is C16H24N2O2. The Bertz CT molecular complexity index is 434. The van der Waals surface area contributed by atoms with Crippen molar-refractivity contribution in [2.75, 3.05) is 32.8 Å². The highest BCUT2D eigenvalue weighted by atomic mass is 16.5. The molecule has 0 saturated carbocycles. The fourth-order valence-electron chi connectivity index (χ4n) is 2.50. The number of benzene rings is 1. The molecule has 1 aromatic carbocycles. The number of nitrogens with zero attached hydrogens (tertiary/aromatic N) is 1. The van der Waals surface area contributed by atoms with Crippen LogP contribution in [-0.4, -0.2) is 43.6 Å². The predicted molar refractivity (Wildman–Crippen MR) is 80.1 cm³/mol. The van der Waals surface area contributed by atoms with Gasteiger partial charge in [0.05, 0.1) is 6.61 Å². The first kappa shape index (κ1) is 14.9. The van der Waals surface area contributed by atoms with Crippen molar-refractivity contribution in [1.82, 2.24) is 10.2 Å². The van der Waals surface area contributed by atoms with Crippen LogP contribution in [0.3, 0.4) is 0 Å². The number of aryl methyl sites for hydroxylation is 2. The fourth-order valence-corrected chi connectivity index (χ4v) is 2.50. The number of carbonyl (C=O) groups excluding carboxylic acids is 1. The summed E-state index contributed by atoms with van der Waals surface area (Å²) in [5, 5.41) is 3.25. The number of hydrogen-bond acceptors (Lipinski definition) is 3. The standard InChI is InChI=1S/C16H24N2O2/c1-13-5-3-6-14(2)16(13)20-12-4-7-15(19)18-10-8-17-9-11-18/h3,5-6,17H,4,7-12H2,1-2H3. The topological polar surface area (TPSA) is 41.6 Å². The third kappa shape index (κ3) is 3.97. The van der Waals surface area contributed by atoms with Crippen LogP contribution in [0.1, 0.15) is 24.0 Å². The lowest BCUT2D eigenvalue weighted by Gasteiger charge is -2.27. The molecule has 1 amide bonds. The first-order valence-electron chi connectivity index (χ1n) is 7.36. The molecule has 0 atom stereocenters. The zero-order valence-electron chi connectivity index (χ0n) is 12.4. The third-order valence-corrected chi connectivity index (χ3v) is 3.66. The number of rotatable bonds is 5. The van der Waals surface area contributed by atoms with Crippen LogP contribution in [0.5, 0.6) is 5.75 Å². The third-order valence-electron chi connectivity index (χ3n) is 3.66. The van der Waals surface area contributed by atoms with Crippen LogP contribution in [0.2, 0.25) is 0 Å². The quantitative estimate of drug-likeness (QED) is 0.835. The minimum Gasteiger partial charge on any atom is -0.493 e. The van der Waals surface area contributed by atoms with Gasteiger partial charge >= 0.3 is 0 Å². The molecule has 20 heavy (non-hydrogen) atoms. The first-order chi connectivity index (χ1) is 9.68. The SMILES string of the molecule is Cc1cccc(C)c1OCCCC(=O)N1CCNCC1. The summed E-state index contributed by atoms with van der Waals surface area (Å²) in [5.74, 6) is 1.21. The molecule has 110 valence electrons. The molecule has 0 aliphatic carbocycles. The Morgan fingerprint density at radius 2 is 1.90 bits per heavy atom. The Kier molecular flexibility index (Phi) is 5.41. The second-order valence-corrected chi connectivity index (χ2v) is 5.30. The van der Waals surface area contributed by atoms with E-state index >= 15 is 0 Å². The summed E-state index contributed by atoms with van der Waals surface area (Å²) in [5.41, 5.74) is 2.30. The summed E-state index contributed by atoms with van der Waals surface area (Å²) in [6, 6.07) is 6.13. The van der Waals surface area contributed by atoms with Gasteiger partial charge in [-0.15, -0.1) is 0 Å². The van der Waals surface area contributed by atoms with Crippen LogP contribution in [0.15, 0.2) is 18.2 Å². The van der Waals surface area contributed by atoms with Gasteiger partial charge in [0.25, 0.3) is 0 Å². The number of piperazine rings is 1. The lowest BCUT2D eigenvalue weighted by atomic mass is 10.1. The van der Waals surface area contributed by atoms with E-state index in [2.05, 4.69) is 5.32 Å². The van der Waals surface area contributed by atoms with Crippen LogP contribution in [-0.2, 0) is 4.79 Å². The summed E-state index contributed by atoms with van der Waals surface area (Å²) in [6.07, 6.45) is 1.35. The molecule has 0 bridgehead atoms. The largest absolute Gasteiger partial charge is 0.493 e. The van der Waals surface area contributed by atoms with Crippen molar-refractivity contribution in [3.63, 3.8) is 0 Å². The van der Waals surface area contributed by atoms with Gasteiger partial charge in [-0.1, -0.05) is 18.2 Å². The van der Waals surface area contributed by atoms with Crippen molar-refractivity contribution in [3.8, 4) is 5.75 Å². The molecule has 0 spiro atoms. The molecule has 1 saturated heterocycles. The highest BCUT2D eigenvalue weighted by Gasteiger charge is 2.15. The molecule has 1 fully saturated rings. The maximum Gasteiger partial charge on any atom is 0.222 e. The van der Waals surface area contributed by atoms with E-state index in [-0.39, 0.29) is 5.91 Å². The van der Waals surface area contributed by atoms with E-state index in [1.165, 1.54) is 0 Å². The normalized spacial score (nSPS) is 15.2. The van der Waals surface area contributed by atoms with Gasteiger partial charge in [-0.3, -0.25) is 4.79 Å². The molecule has 1 N–H and O–H groups in total. The number of para-hydroxylation sites is 1. The van der Waals surface area contributed by atoms with Gasteiger partial charge in [0, 0.05) is 32.6 Å². The Balaban J connectivity index is 1.72. The van der Waals surface area contributed by atoms with E-state index in [1.54, 1.807) is 0 Å². The minimum absolute atomic E-state index is 0.247. The molecular weight excluding hydrogens is 252 g/mol. The molecule has 1 aromatic rings. The monoisotopic (exact) mass is 276 g/mol. The molecule has 0 aromatic heterocycles. The molecule has 4 nitrogen and oxygen atoms in total. The van der Waals surface area contributed by atoms with E-state index in [9.17, 15) is 4.79 Å². The van der Waals surface area contributed by atoms with Crippen molar-refractivity contribution in [1.29, 1.82) is 0 Å². The van der Waals surface area contributed by atoms with Crippen molar-refractivity contribution in [2.24, 2.45) is 0 Å². The second-order valence-electron chi connectivity index (χ2n) is 5.30. The molecule has 2 rings (SSSR count). The average molecular weight is 276 g/mol. The van der Waals surface area contributed by atoms with Crippen LogP contribution in [0.4, 0.5) is 0 Å². The Morgan fingerprint density at radius 3 is 2.55 bits per heavy atom. The summed E-state index contributed by atoms with van der Waals surface area (Å²) < 4.78 is 5.82. The second kappa shape index (κ2) is 7.29. The number of hydrogen-bond donors (Lipinski definition) is 1. The lowest BCUT2D eigenvalue weighted by molar-refractivity contribution is -0.132. The molecule has 4 heteroatoms. The molecule has 0 unspecified atom stereocenters. The average Bonchev–Trinajstić information content (AvgIpc) is 2.46.